The number of aromatic hydroxyl groups is 1. The Morgan fingerprint density at radius 3 is 2.42 bits per heavy atom. The first-order chi connectivity index (χ1) is 17.0. The number of hydrogen-bond acceptors (Lipinski definition) is 5. The fourth-order valence-corrected chi connectivity index (χ4v) is 4.87. The number of nitrogens with one attached hydrogen (secondary N) is 1. The average molecular weight is 517 g/mol. The van der Waals surface area contributed by atoms with Crippen molar-refractivity contribution in [2.45, 2.75) is 18.0 Å². The van der Waals surface area contributed by atoms with Gasteiger partial charge in [-0.1, -0.05) is 42.0 Å². The number of rotatable bonds is 6. The molecule has 0 aliphatic rings. The summed E-state index contributed by atoms with van der Waals surface area (Å²) in [7, 11) is -4.46. The van der Waals surface area contributed by atoms with E-state index in [4.69, 9.17) is 0 Å². The first-order valence-electron chi connectivity index (χ1n) is 10.5. The van der Waals surface area contributed by atoms with Gasteiger partial charge in [0.15, 0.2) is 5.69 Å². The molecule has 12 heteroatoms. The van der Waals surface area contributed by atoms with Gasteiger partial charge in [0.2, 0.25) is 5.88 Å². The van der Waals surface area contributed by atoms with Gasteiger partial charge in [0.25, 0.3) is 15.9 Å². The number of halogens is 3. The number of amides is 1. The van der Waals surface area contributed by atoms with Crippen molar-refractivity contribution in [3.8, 4) is 5.88 Å². The number of nitrogens with zero attached hydrogens (tertiary/aromatic N) is 3. The van der Waals surface area contributed by atoms with E-state index in [0.717, 1.165) is 23.8 Å². The standard InChI is InChI=1S/C24H19F3N4O4S/c1-15-9-11-18(12-10-15)36(34,35)31(17-6-4-5-16(13-17)24(25,26)27)14-21(32)29-30-22-19-7-2-3-8-20(19)28-23(22)33/h2-13,28,33H,14H2,1H3. The highest BCUT2D eigenvalue weighted by molar-refractivity contribution is 7.92. The quantitative estimate of drug-likeness (QED) is 0.320. The van der Waals surface area contributed by atoms with Gasteiger partial charge in [-0.05, 0) is 43.3 Å². The normalized spacial score (nSPS) is 12.3. The molecule has 0 saturated heterocycles. The van der Waals surface area contributed by atoms with Crippen LogP contribution in [0.25, 0.3) is 10.9 Å². The summed E-state index contributed by atoms with van der Waals surface area (Å²) in [6, 6.07) is 16.0. The van der Waals surface area contributed by atoms with Crippen LogP contribution in [0, 0.1) is 6.92 Å². The van der Waals surface area contributed by atoms with Crippen LogP contribution >= 0.6 is 0 Å². The van der Waals surface area contributed by atoms with Crippen molar-refractivity contribution in [3.05, 3.63) is 83.9 Å². The van der Waals surface area contributed by atoms with E-state index in [1.54, 1.807) is 31.2 Å². The average Bonchev–Trinajstić information content (AvgIpc) is 3.15. The number of fused-ring (bicyclic) bond motifs is 1. The summed E-state index contributed by atoms with van der Waals surface area (Å²) in [5, 5.41) is 17.8. The number of benzene rings is 3. The van der Waals surface area contributed by atoms with Gasteiger partial charge in [-0.15, -0.1) is 10.2 Å². The number of carbonyl (C=O) groups is 1. The fourth-order valence-electron chi connectivity index (χ4n) is 3.46. The van der Waals surface area contributed by atoms with Gasteiger partial charge < -0.3 is 10.1 Å². The largest absolute Gasteiger partial charge is 0.493 e. The van der Waals surface area contributed by atoms with Crippen LogP contribution in [0.2, 0.25) is 0 Å². The molecule has 0 spiro atoms. The third kappa shape index (κ3) is 5.08. The summed E-state index contributed by atoms with van der Waals surface area (Å²) >= 11 is 0. The number of H-pyrrole nitrogens is 1. The molecule has 4 rings (SSSR count). The van der Waals surface area contributed by atoms with Crippen molar-refractivity contribution in [2.75, 3.05) is 10.8 Å². The molecule has 3 aromatic carbocycles. The number of aryl methyl sites for hydroxylation is 1. The molecule has 2 N–H and O–H groups in total. The van der Waals surface area contributed by atoms with Crippen LogP contribution in [0.15, 0.2) is 87.9 Å². The van der Waals surface area contributed by atoms with Crippen LogP contribution in [-0.2, 0) is 21.0 Å². The number of hydrogen-bond donors (Lipinski definition) is 2. The van der Waals surface area contributed by atoms with Gasteiger partial charge >= 0.3 is 6.18 Å². The minimum Gasteiger partial charge on any atom is -0.493 e. The second kappa shape index (κ2) is 9.46. The van der Waals surface area contributed by atoms with E-state index in [-0.39, 0.29) is 22.2 Å². The van der Waals surface area contributed by atoms with E-state index in [0.29, 0.717) is 21.3 Å². The predicted molar refractivity (Wildman–Crippen MR) is 127 cm³/mol. The van der Waals surface area contributed by atoms with Gasteiger partial charge in [-0.25, -0.2) is 8.42 Å². The molecule has 1 aromatic heterocycles. The minimum absolute atomic E-state index is 0.0361. The van der Waals surface area contributed by atoms with Gasteiger partial charge in [0, 0.05) is 5.39 Å². The van der Waals surface area contributed by atoms with E-state index in [1.165, 1.54) is 24.3 Å². The van der Waals surface area contributed by atoms with E-state index in [1.807, 2.05) is 0 Å². The van der Waals surface area contributed by atoms with E-state index in [9.17, 15) is 31.5 Å². The van der Waals surface area contributed by atoms with Crippen LogP contribution in [0.4, 0.5) is 24.5 Å². The minimum atomic E-state index is -4.73. The highest BCUT2D eigenvalue weighted by Crippen LogP contribution is 2.36. The van der Waals surface area contributed by atoms with Crippen molar-refractivity contribution in [1.29, 1.82) is 0 Å². The number of azo groups is 1. The Hall–Kier alpha value is -4.19. The number of para-hydroxylation sites is 1. The molecule has 4 aromatic rings. The van der Waals surface area contributed by atoms with E-state index >= 15 is 0 Å². The lowest BCUT2D eigenvalue weighted by Crippen LogP contribution is -2.35. The molecule has 0 aliphatic carbocycles. The lowest BCUT2D eigenvalue weighted by Gasteiger charge is -2.24. The van der Waals surface area contributed by atoms with Gasteiger partial charge in [-0.2, -0.15) is 13.2 Å². The van der Waals surface area contributed by atoms with Crippen molar-refractivity contribution in [1.82, 2.24) is 4.98 Å². The number of aromatic nitrogens is 1. The topological polar surface area (TPSA) is 115 Å². The Morgan fingerprint density at radius 2 is 1.72 bits per heavy atom. The number of sulfonamides is 1. The molecule has 1 amide bonds. The Kier molecular flexibility index (Phi) is 6.55. The van der Waals surface area contributed by atoms with E-state index < -0.39 is 34.2 Å². The molecule has 0 bridgehead atoms. The van der Waals surface area contributed by atoms with Crippen LogP contribution in [0.1, 0.15) is 11.1 Å². The predicted octanol–water partition coefficient (Wildman–Crippen LogP) is 5.71. The molecule has 0 aliphatic heterocycles. The molecular weight excluding hydrogens is 497 g/mol. The Bertz CT molecular complexity index is 1560. The van der Waals surface area contributed by atoms with Crippen LogP contribution in [0.5, 0.6) is 5.88 Å². The monoisotopic (exact) mass is 516 g/mol. The second-order valence-electron chi connectivity index (χ2n) is 7.83. The fraction of sp³-hybridized carbons (Fsp3) is 0.125. The lowest BCUT2D eigenvalue weighted by molar-refractivity contribution is -0.137. The SMILES string of the molecule is Cc1ccc(S(=O)(=O)N(CC(=O)N=Nc2c(O)[nH]c3ccccc23)c2cccc(C(F)(F)F)c2)cc1. The van der Waals surface area contributed by atoms with Crippen LogP contribution in [0.3, 0.4) is 0 Å². The first kappa shape index (κ1) is 24.9. The zero-order chi connectivity index (χ0) is 26.1. The molecule has 186 valence electrons. The molecule has 0 unspecified atom stereocenters. The van der Waals surface area contributed by atoms with Gasteiger partial charge in [0.05, 0.1) is 21.7 Å². The maximum Gasteiger partial charge on any atom is 0.416 e. The summed E-state index contributed by atoms with van der Waals surface area (Å²) in [6.45, 7) is 0.815. The summed E-state index contributed by atoms with van der Waals surface area (Å²) < 4.78 is 67.2. The zero-order valence-corrected chi connectivity index (χ0v) is 19.5. The molecule has 1 heterocycles. The number of carbonyl (C=O) groups excluding carboxylic acids is 1. The van der Waals surface area contributed by atoms with Crippen LogP contribution < -0.4 is 4.31 Å². The molecule has 36 heavy (non-hydrogen) atoms. The van der Waals surface area contributed by atoms with Gasteiger partial charge in [0.1, 0.15) is 6.54 Å². The summed E-state index contributed by atoms with van der Waals surface area (Å²) in [4.78, 5) is 15.2. The van der Waals surface area contributed by atoms with Crippen molar-refractivity contribution in [2.24, 2.45) is 10.2 Å². The molecule has 0 atom stereocenters. The van der Waals surface area contributed by atoms with E-state index in [2.05, 4.69) is 15.2 Å². The maximum absolute atomic E-state index is 13.4. The second-order valence-corrected chi connectivity index (χ2v) is 9.70. The number of aromatic amines is 1. The number of anilines is 1. The van der Waals surface area contributed by atoms with Crippen molar-refractivity contribution >= 4 is 38.2 Å². The smallest absolute Gasteiger partial charge is 0.416 e. The third-order valence-electron chi connectivity index (χ3n) is 5.27. The summed E-state index contributed by atoms with van der Waals surface area (Å²) in [5.74, 6) is -1.41. The highest BCUT2D eigenvalue weighted by atomic mass is 32.2. The summed E-state index contributed by atoms with van der Waals surface area (Å²) in [6.07, 6.45) is -4.73. The Morgan fingerprint density at radius 1 is 1.03 bits per heavy atom. The molecule has 0 radical (unpaired) electrons. The molecule has 0 saturated carbocycles. The van der Waals surface area contributed by atoms with Crippen molar-refractivity contribution < 1.29 is 31.5 Å². The highest BCUT2D eigenvalue weighted by Gasteiger charge is 2.33. The molecule has 8 nitrogen and oxygen atoms in total. The first-order valence-corrected chi connectivity index (χ1v) is 11.9. The summed E-state index contributed by atoms with van der Waals surface area (Å²) in [5.41, 5.74) is -0.191. The van der Waals surface area contributed by atoms with Crippen molar-refractivity contribution in [3.63, 3.8) is 0 Å². The lowest BCUT2D eigenvalue weighted by atomic mass is 10.2. The Labute approximate surface area is 203 Å². The third-order valence-corrected chi connectivity index (χ3v) is 7.06. The molecule has 0 fully saturated rings. The zero-order valence-electron chi connectivity index (χ0n) is 18.7. The van der Waals surface area contributed by atoms with Crippen LogP contribution in [-0.4, -0.2) is 31.0 Å². The number of alkyl halides is 3. The molecular formula is C24H19F3N4O4S. The van der Waals surface area contributed by atoms with Gasteiger partial charge in [-0.3, -0.25) is 9.10 Å². The maximum atomic E-state index is 13.4. The Balaban J connectivity index is 1.72.